The molecule has 2 N–H and O–H groups in total. The van der Waals surface area contributed by atoms with Gasteiger partial charge in [-0.15, -0.1) is 0 Å². The van der Waals surface area contributed by atoms with Crippen LogP contribution in [0, 0.1) is 0 Å². The van der Waals surface area contributed by atoms with Crippen LogP contribution in [-0.2, 0) is 0 Å². The Bertz CT molecular complexity index is 1450. The first-order chi connectivity index (χ1) is 21.8. The van der Waals surface area contributed by atoms with E-state index in [9.17, 15) is 9.59 Å². The minimum absolute atomic E-state index is 0.0791. The average molecular weight is 615 g/mol. The smallest absolute Gasteiger partial charge is 0.319 e. The van der Waals surface area contributed by atoms with E-state index in [2.05, 4.69) is 22.6 Å². The molecule has 2 saturated heterocycles. The molecule has 9 heteroatoms. The van der Waals surface area contributed by atoms with E-state index in [0.29, 0.717) is 41.1 Å². The molecule has 2 atom stereocenters. The van der Waals surface area contributed by atoms with Crippen molar-refractivity contribution in [3.63, 3.8) is 0 Å². The van der Waals surface area contributed by atoms with Gasteiger partial charge >= 0.3 is 6.03 Å². The summed E-state index contributed by atoms with van der Waals surface area (Å²) in [7, 11) is 3.73. The maximum atomic E-state index is 13.5. The van der Waals surface area contributed by atoms with Crippen LogP contribution >= 0.6 is 0 Å². The first-order valence-corrected chi connectivity index (χ1v) is 16.2. The molecule has 0 aromatic heterocycles. The Labute approximate surface area is 266 Å². The van der Waals surface area contributed by atoms with Crippen molar-refractivity contribution >= 4 is 23.3 Å². The van der Waals surface area contributed by atoms with Gasteiger partial charge in [-0.3, -0.25) is 9.69 Å². The van der Waals surface area contributed by atoms with Crippen LogP contribution in [0.15, 0.2) is 66.7 Å². The van der Waals surface area contributed by atoms with Crippen LogP contribution in [0.1, 0.15) is 76.1 Å². The quantitative estimate of drug-likeness (QED) is 0.216. The van der Waals surface area contributed by atoms with E-state index in [4.69, 9.17) is 14.2 Å². The van der Waals surface area contributed by atoms with E-state index in [-0.39, 0.29) is 23.7 Å². The molecule has 0 radical (unpaired) electrons. The Balaban J connectivity index is 1.21. The second kappa shape index (κ2) is 14.2. The Hall–Kier alpha value is -4.24. The number of urea groups is 1. The van der Waals surface area contributed by atoms with Gasteiger partial charge in [-0.05, 0) is 107 Å². The maximum Gasteiger partial charge on any atom is 0.319 e. The lowest BCUT2D eigenvalue weighted by Gasteiger charge is -2.42. The molecule has 3 aromatic carbocycles. The molecular formula is C36H46N4O5. The number of amides is 3. The highest BCUT2D eigenvalue weighted by Gasteiger charge is 2.48. The molecule has 2 aliphatic rings. The largest absolute Gasteiger partial charge is 0.493 e. The van der Waals surface area contributed by atoms with Crippen molar-refractivity contribution in [2.24, 2.45) is 0 Å². The summed E-state index contributed by atoms with van der Waals surface area (Å²) in [5.41, 5.74) is 1.75. The Morgan fingerprint density at radius 2 is 1.64 bits per heavy atom. The number of nitrogens with zero attached hydrogens (tertiary/aromatic N) is 2. The fourth-order valence-corrected chi connectivity index (χ4v) is 6.50. The summed E-state index contributed by atoms with van der Waals surface area (Å²) in [4.78, 5) is 30.0. The average Bonchev–Trinajstić information content (AvgIpc) is 3.21. The number of hydrogen-bond donors (Lipinski definition) is 2. The van der Waals surface area contributed by atoms with Crippen LogP contribution in [-0.4, -0.2) is 55.3 Å². The predicted octanol–water partition coefficient (Wildman–Crippen LogP) is 7.82. The van der Waals surface area contributed by atoms with Crippen LogP contribution in [0.3, 0.4) is 0 Å². The highest BCUT2D eigenvalue weighted by atomic mass is 16.5. The maximum absolute atomic E-state index is 13.5. The fourth-order valence-electron chi connectivity index (χ4n) is 6.50. The molecule has 3 aromatic rings. The monoisotopic (exact) mass is 614 g/mol. The first kappa shape index (κ1) is 32.2. The van der Waals surface area contributed by atoms with Gasteiger partial charge in [0, 0.05) is 54.5 Å². The van der Waals surface area contributed by atoms with Gasteiger partial charge in [-0.25, -0.2) is 4.79 Å². The minimum Gasteiger partial charge on any atom is -0.493 e. The van der Waals surface area contributed by atoms with Crippen LogP contribution in [0.25, 0.3) is 0 Å². The van der Waals surface area contributed by atoms with E-state index in [1.165, 1.54) is 19.3 Å². The number of ether oxygens (including phenoxy) is 3. The zero-order valence-electron chi connectivity index (χ0n) is 27.1. The summed E-state index contributed by atoms with van der Waals surface area (Å²) < 4.78 is 18.2. The number of anilines is 2. The molecule has 2 bridgehead atoms. The Kier molecular flexibility index (Phi) is 10.2. The number of hydrogen-bond acceptors (Lipinski definition) is 6. The van der Waals surface area contributed by atoms with Gasteiger partial charge in [0.25, 0.3) is 5.91 Å². The molecule has 5 rings (SSSR count). The number of nitrogens with one attached hydrogen (secondary N) is 2. The van der Waals surface area contributed by atoms with Gasteiger partial charge < -0.3 is 29.7 Å². The summed E-state index contributed by atoms with van der Waals surface area (Å²) >= 11 is 0. The first-order valence-electron chi connectivity index (χ1n) is 16.2. The van der Waals surface area contributed by atoms with Gasteiger partial charge in [-0.1, -0.05) is 13.8 Å². The zero-order chi connectivity index (χ0) is 32.0. The van der Waals surface area contributed by atoms with Crippen LogP contribution < -0.4 is 29.7 Å². The van der Waals surface area contributed by atoms with Crippen LogP contribution in [0.2, 0.25) is 0 Å². The molecule has 2 fully saturated rings. The summed E-state index contributed by atoms with van der Waals surface area (Å²) in [6.45, 7) is 6.56. The number of rotatable bonds is 12. The lowest BCUT2D eigenvalue weighted by atomic mass is 10.0. The predicted molar refractivity (Wildman–Crippen MR) is 178 cm³/mol. The summed E-state index contributed by atoms with van der Waals surface area (Å²) in [6.07, 6.45) is 7.43. The highest BCUT2D eigenvalue weighted by molar-refractivity contribution is 6.06. The van der Waals surface area contributed by atoms with Crippen molar-refractivity contribution in [1.82, 2.24) is 10.2 Å². The third-order valence-corrected chi connectivity index (χ3v) is 9.25. The molecule has 0 aliphatic carbocycles. The minimum atomic E-state index is -0.256. The number of carbonyl (C=O) groups excluding carboxylic acids is 2. The Morgan fingerprint density at radius 3 is 2.31 bits per heavy atom. The van der Waals surface area contributed by atoms with E-state index < -0.39 is 0 Å². The lowest BCUT2D eigenvalue weighted by Crippen LogP contribution is -2.51. The van der Waals surface area contributed by atoms with Gasteiger partial charge in [0.2, 0.25) is 0 Å². The molecule has 2 aliphatic heterocycles. The number of benzene rings is 3. The van der Waals surface area contributed by atoms with Gasteiger partial charge in [0.1, 0.15) is 11.5 Å². The second-order valence-electron chi connectivity index (χ2n) is 11.9. The van der Waals surface area contributed by atoms with Crippen molar-refractivity contribution in [3.05, 3.63) is 72.3 Å². The lowest BCUT2D eigenvalue weighted by molar-refractivity contribution is -0.0823. The highest BCUT2D eigenvalue weighted by Crippen LogP contribution is 2.44. The molecular weight excluding hydrogens is 568 g/mol. The molecule has 45 heavy (non-hydrogen) atoms. The number of fused-ring (bicyclic) bond motifs is 2. The van der Waals surface area contributed by atoms with E-state index in [1.54, 1.807) is 30.2 Å². The number of piperidine rings is 1. The van der Waals surface area contributed by atoms with Gasteiger partial charge in [0.15, 0.2) is 17.2 Å². The van der Waals surface area contributed by atoms with Crippen LogP contribution in [0.5, 0.6) is 23.0 Å². The SMILES string of the molecule is CCC(CC)NC(=O)Nc1ccc(Oc2ccc(N(CC)C(=O)c3ccc(OC45CCCC(CC4)N5C)cc3)cc2)c(OC)c1. The van der Waals surface area contributed by atoms with E-state index in [0.717, 1.165) is 37.1 Å². The zero-order valence-corrected chi connectivity index (χ0v) is 27.1. The molecule has 9 nitrogen and oxygen atoms in total. The molecule has 0 saturated carbocycles. The van der Waals surface area contributed by atoms with Crippen molar-refractivity contribution in [3.8, 4) is 23.0 Å². The van der Waals surface area contributed by atoms with E-state index >= 15 is 0 Å². The molecule has 2 heterocycles. The van der Waals surface area contributed by atoms with E-state index in [1.807, 2.05) is 69.3 Å². The van der Waals surface area contributed by atoms with Crippen molar-refractivity contribution in [2.45, 2.75) is 83.5 Å². The third-order valence-electron chi connectivity index (χ3n) is 9.25. The topological polar surface area (TPSA) is 92.4 Å². The van der Waals surface area contributed by atoms with Gasteiger partial charge in [-0.2, -0.15) is 0 Å². The summed E-state index contributed by atoms with van der Waals surface area (Å²) in [6, 6.07) is 20.6. The summed E-state index contributed by atoms with van der Waals surface area (Å²) in [5.74, 6) is 2.31. The van der Waals surface area contributed by atoms with Gasteiger partial charge in [0.05, 0.1) is 7.11 Å². The van der Waals surface area contributed by atoms with Crippen molar-refractivity contribution in [1.29, 1.82) is 0 Å². The third kappa shape index (κ3) is 7.20. The molecule has 0 spiro atoms. The molecule has 2 unspecified atom stereocenters. The summed E-state index contributed by atoms with van der Waals surface area (Å²) in [5, 5.41) is 5.81. The van der Waals surface area contributed by atoms with Crippen LogP contribution in [0.4, 0.5) is 16.2 Å². The normalized spacial score (nSPS) is 19.2. The fraction of sp³-hybridized carbons (Fsp3) is 0.444. The van der Waals surface area contributed by atoms with Crippen molar-refractivity contribution in [2.75, 3.05) is 30.9 Å². The molecule has 3 amide bonds. The standard InChI is InChI=1S/C36H46N4O5/c1-6-26(7-2)37-35(42)38-27-13-20-32(33(24-27)43-5)44-30-18-14-29(15-19-30)40(8-3)34(41)25-11-16-31(17-12-25)45-36-22-9-10-28(21-23-36)39(36)4/h11-20,24,26,28H,6-10,21-23H2,1-5H3,(H2,37,38,42). The van der Waals surface area contributed by atoms with Crippen molar-refractivity contribution < 1.29 is 23.8 Å². The second-order valence-corrected chi connectivity index (χ2v) is 11.9. The Morgan fingerprint density at radius 1 is 0.933 bits per heavy atom. The number of carbonyl (C=O) groups is 2. The molecule has 240 valence electrons. The number of methoxy groups -OCH3 is 1.